The summed E-state index contributed by atoms with van der Waals surface area (Å²) in [5.41, 5.74) is 3.56. The van der Waals surface area contributed by atoms with Gasteiger partial charge in [-0.2, -0.15) is 0 Å². The van der Waals surface area contributed by atoms with Crippen LogP contribution in [0.2, 0.25) is 0 Å². The van der Waals surface area contributed by atoms with Crippen molar-refractivity contribution >= 4 is 17.7 Å². The lowest BCUT2D eigenvalue weighted by Gasteiger charge is -2.22. The standard InChI is InChI=1S/C21H24N2O4/c1-12-5-7-15(8-6-12)20(25)23(16-9-10-16)11-17(24)18-13(2)19(21(26)27-4)22-14(18)3/h5-8,16,22H,9-11H2,1-4H3. The maximum Gasteiger partial charge on any atom is 0.354 e. The molecule has 6 heteroatoms. The maximum atomic E-state index is 13.0. The molecule has 1 saturated carbocycles. The average molecular weight is 368 g/mol. The van der Waals surface area contributed by atoms with Crippen LogP contribution >= 0.6 is 0 Å². The lowest BCUT2D eigenvalue weighted by Crippen LogP contribution is -2.37. The van der Waals surface area contributed by atoms with Crippen LogP contribution in [0.5, 0.6) is 0 Å². The molecule has 142 valence electrons. The molecular formula is C21H24N2O4. The fraction of sp³-hybridized carbons (Fsp3) is 0.381. The fourth-order valence-electron chi connectivity index (χ4n) is 3.32. The number of benzene rings is 1. The zero-order valence-corrected chi connectivity index (χ0v) is 16.1. The molecule has 0 saturated heterocycles. The highest BCUT2D eigenvalue weighted by Crippen LogP contribution is 2.29. The number of carbonyl (C=O) groups is 3. The number of ketones is 1. The average Bonchev–Trinajstić information content (AvgIpc) is 3.44. The number of hydrogen-bond acceptors (Lipinski definition) is 4. The molecule has 2 aromatic rings. The van der Waals surface area contributed by atoms with Crippen LogP contribution in [0.4, 0.5) is 0 Å². The third-order valence-electron chi connectivity index (χ3n) is 4.97. The zero-order valence-electron chi connectivity index (χ0n) is 16.1. The SMILES string of the molecule is COC(=O)c1[nH]c(C)c(C(=O)CN(C(=O)c2ccc(C)cc2)C2CC2)c1C. The molecule has 1 heterocycles. The van der Waals surface area contributed by atoms with Crippen molar-refractivity contribution in [2.75, 3.05) is 13.7 Å². The van der Waals surface area contributed by atoms with Crippen LogP contribution in [-0.2, 0) is 4.74 Å². The first kappa shape index (κ1) is 18.9. The van der Waals surface area contributed by atoms with Crippen molar-refractivity contribution in [2.45, 2.75) is 39.7 Å². The molecule has 0 spiro atoms. The highest BCUT2D eigenvalue weighted by Gasteiger charge is 2.35. The Kier molecular flexibility index (Phi) is 5.17. The minimum absolute atomic E-state index is 0.00246. The van der Waals surface area contributed by atoms with Crippen molar-refractivity contribution in [3.63, 3.8) is 0 Å². The second kappa shape index (κ2) is 7.39. The van der Waals surface area contributed by atoms with Crippen LogP contribution in [0.15, 0.2) is 24.3 Å². The summed E-state index contributed by atoms with van der Waals surface area (Å²) < 4.78 is 4.75. The predicted molar refractivity (Wildman–Crippen MR) is 101 cm³/mol. The molecule has 1 fully saturated rings. The van der Waals surface area contributed by atoms with Crippen molar-refractivity contribution < 1.29 is 19.1 Å². The highest BCUT2D eigenvalue weighted by atomic mass is 16.5. The van der Waals surface area contributed by atoms with Crippen LogP contribution < -0.4 is 0 Å². The molecule has 3 rings (SSSR count). The van der Waals surface area contributed by atoms with Crippen molar-refractivity contribution in [1.82, 2.24) is 9.88 Å². The summed E-state index contributed by atoms with van der Waals surface area (Å²) >= 11 is 0. The number of aromatic nitrogens is 1. The van der Waals surface area contributed by atoms with Gasteiger partial charge >= 0.3 is 5.97 Å². The first-order chi connectivity index (χ1) is 12.8. The first-order valence-electron chi connectivity index (χ1n) is 9.01. The number of aromatic amines is 1. The van der Waals surface area contributed by atoms with Crippen molar-refractivity contribution in [3.8, 4) is 0 Å². The number of esters is 1. The molecule has 0 atom stereocenters. The van der Waals surface area contributed by atoms with E-state index in [1.165, 1.54) is 7.11 Å². The molecule has 1 aliphatic rings. The van der Waals surface area contributed by atoms with Gasteiger partial charge < -0.3 is 14.6 Å². The molecule has 0 bridgehead atoms. The van der Waals surface area contributed by atoms with E-state index in [0.29, 0.717) is 22.4 Å². The largest absolute Gasteiger partial charge is 0.464 e. The first-order valence-corrected chi connectivity index (χ1v) is 9.01. The molecule has 1 N–H and O–H groups in total. The van der Waals surface area contributed by atoms with Crippen LogP contribution in [-0.4, -0.2) is 47.2 Å². The molecule has 6 nitrogen and oxygen atoms in total. The Balaban J connectivity index is 1.84. The van der Waals surface area contributed by atoms with E-state index in [9.17, 15) is 14.4 Å². The summed E-state index contributed by atoms with van der Waals surface area (Å²) in [4.78, 5) is 42.3. The minimum atomic E-state index is -0.510. The van der Waals surface area contributed by atoms with E-state index >= 15 is 0 Å². The quantitative estimate of drug-likeness (QED) is 0.627. The molecule has 1 amide bonds. The molecule has 1 aliphatic carbocycles. The van der Waals surface area contributed by atoms with Crippen molar-refractivity contribution in [1.29, 1.82) is 0 Å². The topological polar surface area (TPSA) is 79.5 Å². The molecule has 0 radical (unpaired) electrons. The lowest BCUT2D eigenvalue weighted by atomic mass is 10.0. The summed E-state index contributed by atoms with van der Waals surface area (Å²) in [6.45, 7) is 5.42. The van der Waals surface area contributed by atoms with Crippen LogP contribution in [0.1, 0.15) is 60.9 Å². The van der Waals surface area contributed by atoms with Gasteiger partial charge in [-0.3, -0.25) is 9.59 Å². The number of H-pyrrole nitrogens is 1. The Hall–Kier alpha value is -2.89. The summed E-state index contributed by atoms with van der Waals surface area (Å²) in [6.07, 6.45) is 1.81. The highest BCUT2D eigenvalue weighted by molar-refractivity contribution is 6.06. The number of rotatable bonds is 6. The van der Waals surface area contributed by atoms with E-state index in [4.69, 9.17) is 4.74 Å². The van der Waals surface area contributed by atoms with Gasteiger partial charge in [0.05, 0.1) is 13.7 Å². The number of nitrogens with zero attached hydrogens (tertiary/aromatic N) is 1. The second-order valence-corrected chi connectivity index (χ2v) is 7.07. The van der Waals surface area contributed by atoms with E-state index in [-0.39, 0.29) is 30.0 Å². The van der Waals surface area contributed by atoms with Gasteiger partial charge in [-0.1, -0.05) is 17.7 Å². The number of nitrogens with one attached hydrogen (secondary N) is 1. The predicted octanol–water partition coefficient (Wildman–Crippen LogP) is 3.21. The van der Waals surface area contributed by atoms with Crippen LogP contribution in [0.3, 0.4) is 0 Å². The number of carbonyl (C=O) groups excluding carboxylic acids is 3. The van der Waals surface area contributed by atoms with Gasteiger partial charge in [0.2, 0.25) is 0 Å². The Labute approximate surface area is 158 Å². The van der Waals surface area contributed by atoms with Gasteiger partial charge in [0.1, 0.15) is 5.69 Å². The third-order valence-corrected chi connectivity index (χ3v) is 4.97. The summed E-state index contributed by atoms with van der Waals surface area (Å²) in [5.74, 6) is -0.821. The number of ether oxygens (including phenoxy) is 1. The number of Topliss-reactive ketones (excluding diaryl/α,β-unsaturated/α-hetero) is 1. The second-order valence-electron chi connectivity index (χ2n) is 7.07. The Bertz CT molecular complexity index is 892. The van der Waals surface area contributed by atoms with Gasteiger partial charge in [-0.15, -0.1) is 0 Å². The smallest absolute Gasteiger partial charge is 0.354 e. The molecule has 27 heavy (non-hydrogen) atoms. The number of hydrogen-bond donors (Lipinski definition) is 1. The van der Waals surface area contributed by atoms with Gasteiger partial charge in [0.15, 0.2) is 5.78 Å². The van der Waals surface area contributed by atoms with E-state index < -0.39 is 5.97 Å². The van der Waals surface area contributed by atoms with E-state index in [1.807, 2.05) is 19.1 Å². The minimum Gasteiger partial charge on any atom is -0.464 e. The zero-order chi connectivity index (χ0) is 19.7. The van der Waals surface area contributed by atoms with Crippen LogP contribution in [0.25, 0.3) is 0 Å². The van der Waals surface area contributed by atoms with E-state index in [0.717, 1.165) is 18.4 Å². The lowest BCUT2D eigenvalue weighted by molar-refractivity contribution is 0.0593. The van der Waals surface area contributed by atoms with Crippen LogP contribution in [0, 0.1) is 20.8 Å². The monoisotopic (exact) mass is 368 g/mol. The van der Waals surface area contributed by atoms with Gasteiger partial charge in [0.25, 0.3) is 5.91 Å². The molecule has 1 aromatic heterocycles. The van der Waals surface area contributed by atoms with Crippen molar-refractivity contribution in [2.24, 2.45) is 0 Å². The van der Waals surface area contributed by atoms with Gasteiger partial charge in [-0.05, 0) is 51.3 Å². The summed E-state index contributed by atoms with van der Waals surface area (Å²) in [7, 11) is 1.30. The van der Waals surface area contributed by atoms with E-state index in [2.05, 4.69) is 4.98 Å². The number of amides is 1. The molecule has 0 unspecified atom stereocenters. The number of aryl methyl sites for hydroxylation is 2. The Morgan fingerprint density at radius 2 is 1.74 bits per heavy atom. The summed E-state index contributed by atoms with van der Waals surface area (Å²) in [5, 5.41) is 0. The normalized spacial score (nSPS) is 13.3. The number of methoxy groups -OCH3 is 1. The van der Waals surface area contributed by atoms with Gasteiger partial charge in [0, 0.05) is 22.9 Å². The van der Waals surface area contributed by atoms with Crippen molar-refractivity contribution in [3.05, 3.63) is 57.9 Å². The molecule has 1 aromatic carbocycles. The Morgan fingerprint density at radius 1 is 1.11 bits per heavy atom. The fourth-order valence-corrected chi connectivity index (χ4v) is 3.32. The molecular weight excluding hydrogens is 344 g/mol. The van der Waals surface area contributed by atoms with Gasteiger partial charge in [-0.25, -0.2) is 4.79 Å². The Morgan fingerprint density at radius 3 is 2.30 bits per heavy atom. The summed E-state index contributed by atoms with van der Waals surface area (Å²) in [6, 6.07) is 7.47. The van der Waals surface area contributed by atoms with E-state index in [1.54, 1.807) is 30.9 Å². The maximum absolute atomic E-state index is 13.0. The third kappa shape index (κ3) is 3.79. The molecule has 0 aliphatic heterocycles.